The fraction of sp³-hybridized carbons (Fsp3) is 0.538. The molecule has 21 heavy (non-hydrogen) atoms. The molecule has 0 aliphatic carbocycles. The molecule has 8 heteroatoms. The van der Waals surface area contributed by atoms with Gasteiger partial charge in [-0.2, -0.15) is 4.31 Å². The minimum absolute atomic E-state index is 0.00444. The first kappa shape index (κ1) is 16.4. The van der Waals surface area contributed by atoms with Crippen LogP contribution in [0.15, 0.2) is 27.8 Å². The van der Waals surface area contributed by atoms with E-state index < -0.39 is 15.9 Å². The van der Waals surface area contributed by atoms with Crippen LogP contribution in [-0.2, 0) is 19.6 Å². The van der Waals surface area contributed by atoms with Crippen LogP contribution in [0, 0.1) is 5.92 Å². The number of esters is 1. The van der Waals surface area contributed by atoms with Crippen molar-refractivity contribution in [3.05, 3.63) is 22.8 Å². The SMILES string of the molecule is CCOC(=O)[C@@H]1CCCN(S(=O)(=O)c2ccc(Br)cn2)C1. The number of pyridine rings is 1. The molecule has 116 valence electrons. The van der Waals surface area contributed by atoms with Gasteiger partial charge >= 0.3 is 5.97 Å². The predicted octanol–water partition coefficient (Wildman–Crippen LogP) is 1.81. The minimum atomic E-state index is -3.67. The summed E-state index contributed by atoms with van der Waals surface area (Å²) < 4.78 is 32.0. The number of ether oxygens (including phenoxy) is 1. The normalized spacial score (nSPS) is 20.2. The number of aromatic nitrogens is 1. The van der Waals surface area contributed by atoms with Crippen molar-refractivity contribution < 1.29 is 17.9 Å². The van der Waals surface area contributed by atoms with Gasteiger partial charge < -0.3 is 4.74 Å². The molecule has 2 heterocycles. The summed E-state index contributed by atoms with van der Waals surface area (Å²) >= 11 is 3.22. The van der Waals surface area contributed by atoms with Gasteiger partial charge in [-0.1, -0.05) is 0 Å². The summed E-state index contributed by atoms with van der Waals surface area (Å²) in [6, 6.07) is 3.08. The standard InChI is InChI=1S/C13H17BrN2O4S/c1-2-20-13(17)10-4-3-7-16(9-10)21(18,19)12-6-5-11(14)8-15-12/h5-6,8,10H,2-4,7,9H2,1H3/t10-/m1/s1. The maximum atomic E-state index is 12.5. The highest BCUT2D eigenvalue weighted by atomic mass is 79.9. The number of hydrogen-bond donors (Lipinski definition) is 0. The van der Waals surface area contributed by atoms with Crippen LogP contribution in [-0.4, -0.2) is 43.4 Å². The molecule has 0 amide bonds. The summed E-state index contributed by atoms with van der Waals surface area (Å²) in [6.07, 6.45) is 2.73. The molecule has 0 aromatic carbocycles. The smallest absolute Gasteiger partial charge is 0.310 e. The van der Waals surface area contributed by atoms with Crippen LogP contribution < -0.4 is 0 Å². The van der Waals surface area contributed by atoms with E-state index in [1.807, 2.05) is 0 Å². The van der Waals surface area contributed by atoms with Gasteiger partial charge in [-0.3, -0.25) is 4.79 Å². The first-order valence-electron chi connectivity index (χ1n) is 6.73. The maximum absolute atomic E-state index is 12.5. The molecule has 0 saturated carbocycles. The van der Waals surface area contributed by atoms with E-state index >= 15 is 0 Å². The Labute approximate surface area is 132 Å². The van der Waals surface area contributed by atoms with Crippen LogP contribution in [0.3, 0.4) is 0 Å². The first-order chi connectivity index (χ1) is 9.95. The highest BCUT2D eigenvalue weighted by molar-refractivity contribution is 9.10. The third kappa shape index (κ3) is 3.81. The van der Waals surface area contributed by atoms with E-state index in [9.17, 15) is 13.2 Å². The van der Waals surface area contributed by atoms with Gasteiger partial charge in [-0.15, -0.1) is 0 Å². The fourth-order valence-corrected chi connectivity index (χ4v) is 3.93. The van der Waals surface area contributed by atoms with Gasteiger partial charge in [0.05, 0.1) is 12.5 Å². The van der Waals surface area contributed by atoms with E-state index in [4.69, 9.17) is 4.74 Å². The van der Waals surface area contributed by atoms with Crippen molar-refractivity contribution in [2.45, 2.75) is 24.8 Å². The second-order valence-electron chi connectivity index (χ2n) is 4.77. The fourth-order valence-electron chi connectivity index (χ4n) is 2.26. The molecule has 0 N–H and O–H groups in total. The Kier molecular flexibility index (Phi) is 5.34. The number of nitrogens with zero attached hydrogens (tertiary/aromatic N) is 2. The van der Waals surface area contributed by atoms with E-state index in [2.05, 4.69) is 20.9 Å². The Hall–Kier alpha value is -0.990. The number of carbonyl (C=O) groups is 1. The second-order valence-corrected chi connectivity index (χ2v) is 7.57. The first-order valence-corrected chi connectivity index (χ1v) is 8.96. The minimum Gasteiger partial charge on any atom is -0.466 e. The molecule has 1 saturated heterocycles. The van der Waals surface area contributed by atoms with Crippen molar-refractivity contribution >= 4 is 31.9 Å². The topological polar surface area (TPSA) is 76.6 Å². The zero-order valence-electron chi connectivity index (χ0n) is 11.7. The third-order valence-electron chi connectivity index (χ3n) is 3.31. The molecular formula is C13H17BrN2O4S. The summed E-state index contributed by atoms with van der Waals surface area (Å²) in [6.45, 7) is 2.59. The highest BCUT2D eigenvalue weighted by Gasteiger charge is 2.34. The summed E-state index contributed by atoms with van der Waals surface area (Å²) in [5, 5.41) is -0.00444. The molecule has 0 unspecified atom stereocenters. The second kappa shape index (κ2) is 6.85. The zero-order chi connectivity index (χ0) is 15.5. The van der Waals surface area contributed by atoms with Crippen LogP contribution in [0.5, 0.6) is 0 Å². The largest absolute Gasteiger partial charge is 0.466 e. The third-order valence-corrected chi connectivity index (χ3v) is 5.56. The lowest BCUT2D eigenvalue weighted by atomic mass is 10.0. The van der Waals surface area contributed by atoms with Crippen molar-refractivity contribution in [2.24, 2.45) is 5.92 Å². The summed E-state index contributed by atoms with van der Waals surface area (Å²) in [5.74, 6) is -0.731. The van der Waals surface area contributed by atoms with Crippen molar-refractivity contribution in [2.75, 3.05) is 19.7 Å². The molecule has 6 nitrogen and oxygen atoms in total. The monoisotopic (exact) mass is 376 g/mol. The van der Waals surface area contributed by atoms with Crippen molar-refractivity contribution in [1.29, 1.82) is 0 Å². The highest BCUT2D eigenvalue weighted by Crippen LogP contribution is 2.24. The number of rotatable bonds is 4. The van der Waals surface area contributed by atoms with Crippen LogP contribution >= 0.6 is 15.9 Å². The summed E-state index contributed by atoms with van der Waals surface area (Å²) in [5.41, 5.74) is 0. The lowest BCUT2D eigenvalue weighted by molar-refractivity contribution is -0.149. The van der Waals surface area contributed by atoms with Gasteiger partial charge in [0.1, 0.15) is 0 Å². The lowest BCUT2D eigenvalue weighted by Gasteiger charge is -2.30. The molecule has 2 rings (SSSR count). The van der Waals surface area contributed by atoms with E-state index in [0.29, 0.717) is 30.5 Å². The van der Waals surface area contributed by atoms with Crippen molar-refractivity contribution in [1.82, 2.24) is 9.29 Å². The molecule has 0 spiro atoms. The molecule has 1 aromatic rings. The molecule has 1 aliphatic heterocycles. The maximum Gasteiger partial charge on any atom is 0.310 e. The number of halogens is 1. The van der Waals surface area contributed by atoms with Gasteiger partial charge in [-0.25, -0.2) is 13.4 Å². The molecule has 0 radical (unpaired) electrons. The Balaban J connectivity index is 2.16. The van der Waals surface area contributed by atoms with Gasteiger partial charge in [0, 0.05) is 23.8 Å². The summed E-state index contributed by atoms with van der Waals surface area (Å²) in [4.78, 5) is 15.7. The van der Waals surface area contributed by atoms with Gasteiger partial charge in [0.15, 0.2) is 5.03 Å². The summed E-state index contributed by atoms with van der Waals surface area (Å²) in [7, 11) is -3.67. The average Bonchev–Trinajstić information content (AvgIpc) is 2.48. The number of sulfonamides is 1. The van der Waals surface area contributed by atoms with Crippen LogP contribution in [0.25, 0.3) is 0 Å². The van der Waals surface area contributed by atoms with Crippen LogP contribution in [0.2, 0.25) is 0 Å². The Morgan fingerprint density at radius 1 is 1.52 bits per heavy atom. The number of piperidine rings is 1. The lowest BCUT2D eigenvalue weighted by Crippen LogP contribution is -2.42. The molecule has 1 atom stereocenters. The molecule has 1 aliphatic rings. The Bertz CT molecular complexity index is 603. The van der Waals surface area contributed by atoms with E-state index in [-0.39, 0.29) is 17.5 Å². The van der Waals surface area contributed by atoms with Crippen LogP contribution in [0.4, 0.5) is 0 Å². The Morgan fingerprint density at radius 3 is 2.90 bits per heavy atom. The molecular weight excluding hydrogens is 360 g/mol. The van der Waals surface area contributed by atoms with E-state index in [1.54, 1.807) is 13.0 Å². The number of hydrogen-bond acceptors (Lipinski definition) is 5. The van der Waals surface area contributed by atoms with Crippen molar-refractivity contribution in [3.8, 4) is 0 Å². The van der Waals surface area contributed by atoms with Crippen molar-refractivity contribution in [3.63, 3.8) is 0 Å². The van der Waals surface area contributed by atoms with E-state index in [1.165, 1.54) is 16.6 Å². The predicted molar refractivity (Wildman–Crippen MR) is 80.1 cm³/mol. The van der Waals surface area contributed by atoms with Gasteiger partial charge in [-0.05, 0) is 47.8 Å². The van der Waals surface area contributed by atoms with Crippen LogP contribution in [0.1, 0.15) is 19.8 Å². The Morgan fingerprint density at radius 2 is 2.29 bits per heavy atom. The average molecular weight is 377 g/mol. The van der Waals surface area contributed by atoms with Gasteiger partial charge in [0.2, 0.25) is 0 Å². The van der Waals surface area contributed by atoms with E-state index in [0.717, 1.165) is 0 Å². The quantitative estimate of drug-likeness (QED) is 0.748. The van der Waals surface area contributed by atoms with Gasteiger partial charge in [0.25, 0.3) is 10.0 Å². The molecule has 1 aromatic heterocycles. The number of carbonyl (C=O) groups excluding carboxylic acids is 1. The molecule has 1 fully saturated rings. The zero-order valence-corrected chi connectivity index (χ0v) is 14.1. The molecule has 0 bridgehead atoms.